The molecule has 0 bridgehead atoms. The van der Waals surface area contributed by atoms with Gasteiger partial charge in [0.05, 0.1) is 13.7 Å². The van der Waals surface area contributed by atoms with Crippen molar-refractivity contribution in [3.63, 3.8) is 0 Å². The molecule has 0 saturated heterocycles. The first-order valence-electron chi connectivity index (χ1n) is 5.49. The van der Waals surface area contributed by atoms with Crippen LogP contribution in [0.25, 0.3) is 0 Å². The second kappa shape index (κ2) is 5.43. The Morgan fingerprint density at radius 2 is 2.21 bits per heavy atom. The number of carboxylic acid groups (broad SMARTS) is 1. The molecule has 100 valence electrons. The minimum atomic E-state index is -1.12. The first kappa shape index (κ1) is 12.9. The number of carboxylic acids is 1. The average Bonchev–Trinajstić information content (AvgIpc) is 2.87. The van der Waals surface area contributed by atoms with Crippen molar-refractivity contribution < 1.29 is 23.4 Å². The molecule has 2 N–H and O–H groups in total. The molecule has 0 aliphatic heterocycles. The molecular weight excluding hydrogens is 253 g/mol. The first-order chi connectivity index (χ1) is 9.10. The highest BCUT2D eigenvalue weighted by Gasteiger charge is 2.09. The topological polar surface area (TPSA) is 71.7 Å². The van der Waals surface area contributed by atoms with E-state index in [-0.39, 0.29) is 11.5 Å². The quantitative estimate of drug-likeness (QED) is 0.869. The number of halogens is 1. The third kappa shape index (κ3) is 3.04. The van der Waals surface area contributed by atoms with Crippen LogP contribution in [0.5, 0.6) is 5.75 Å². The van der Waals surface area contributed by atoms with Gasteiger partial charge in [-0.2, -0.15) is 0 Å². The number of methoxy groups -OCH3 is 1. The number of nitrogens with one attached hydrogen (secondary N) is 1. The maximum Gasteiger partial charge on any atom is 0.371 e. The van der Waals surface area contributed by atoms with Gasteiger partial charge in [0.1, 0.15) is 5.76 Å². The molecule has 6 heteroatoms. The standard InChI is InChI=1S/C13H12FNO4/c1-18-12-6-8(2-4-10(12)14)15-7-9-3-5-11(19-9)13(16)17/h2-6,15H,7H2,1H3,(H,16,17). The zero-order chi connectivity index (χ0) is 13.8. The van der Waals surface area contributed by atoms with Crippen LogP contribution in [0, 0.1) is 5.82 Å². The molecule has 1 aromatic heterocycles. The Bertz CT molecular complexity index is 594. The smallest absolute Gasteiger partial charge is 0.371 e. The lowest BCUT2D eigenvalue weighted by Gasteiger charge is -2.07. The first-order valence-corrected chi connectivity index (χ1v) is 5.49. The number of ether oxygens (including phenoxy) is 1. The van der Waals surface area contributed by atoms with Gasteiger partial charge in [0, 0.05) is 11.8 Å². The summed E-state index contributed by atoms with van der Waals surface area (Å²) in [5, 5.41) is 11.7. The predicted octanol–water partition coefficient (Wildman–Crippen LogP) is 2.74. The van der Waals surface area contributed by atoms with Crippen molar-refractivity contribution >= 4 is 11.7 Å². The molecule has 0 amide bonds. The Kier molecular flexibility index (Phi) is 3.70. The number of benzene rings is 1. The van der Waals surface area contributed by atoms with Crippen molar-refractivity contribution in [1.29, 1.82) is 0 Å². The van der Waals surface area contributed by atoms with Crippen LogP contribution >= 0.6 is 0 Å². The fraction of sp³-hybridized carbons (Fsp3) is 0.154. The van der Waals surface area contributed by atoms with Gasteiger partial charge in [-0.3, -0.25) is 0 Å². The van der Waals surface area contributed by atoms with Crippen molar-refractivity contribution in [3.05, 3.63) is 47.7 Å². The number of hydrogen-bond acceptors (Lipinski definition) is 4. The molecule has 0 fully saturated rings. The van der Waals surface area contributed by atoms with Crippen molar-refractivity contribution in [1.82, 2.24) is 0 Å². The average molecular weight is 265 g/mol. The van der Waals surface area contributed by atoms with Crippen molar-refractivity contribution in [2.24, 2.45) is 0 Å². The summed E-state index contributed by atoms with van der Waals surface area (Å²) in [5.74, 6) is -1.07. The maximum atomic E-state index is 13.2. The van der Waals surface area contributed by atoms with E-state index in [0.29, 0.717) is 18.0 Å². The van der Waals surface area contributed by atoms with Gasteiger partial charge in [-0.05, 0) is 24.3 Å². The van der Waals surface area contributed by atoms with Gasteiger partial charge >= 0.3 is 5.97 Å². The number of anilines is 1. The van der Waals surface area contributed by atoms with E-state index < -0.39 is 11.8 Å². The van der Waals surface area contributed by atoms with E-state index in [1.54, 1.807) is 12.1 Å². The van der Waals surface area contributed by atoms with E-state index in [4.69, 9.17) is 14.3 Å². The van der Waals surface area contributed by atoms with Gasteiger partial charge in [0.2, 0.25) is 5.76 Å². The molecule has 0 atom stereocenters. The van der Waals surface area contributed by atoms with E-state index in [0.717, 1.165) is 0 Å². The largest absolute Gasteiger partial charge is 0.494 e. The third-order valence-electron chi connectivity index (χ3n) is 2.49. The third-order valence-corrected chi connectivity index (χ3v) is 2.49. The normalized spacial score (nSPS) is 10.2. The Morgan fingerprint density at radius 1 is 1.42 bits per heavy atom. The number of hydrogen-bond donors (Lipinski definition) is 2. The minimum absolute atomic E-state index is 0.117. The summed E-state index contributed by atoms with van der Waals surface area (Å²) < 4.78 is 23.1. The lowest BCUT2D eigenvalue weighted by molar-refractivity contribution is 0.0660. The molecule has 0 spiro atoms. The highest BCUT2D eigenvalue weighted by atomic mass is 19.1. The van der Waals surface area contributed by atoms with Crippen LogP contribution in [0.4, 0.5) is 10.1 Å². The molecule has 1 aromatic carbocycles. The molecule has 2 aromatic rings. The predicted molar refractivity (Wildman–Crippen MR) is 65.9 cm³/mol. The highest BCUT2D eigenvalue weighted by Crippen LogP contribution is 2.22. The molecule has 0 unspecified atom stereocenters. The lowest BCUT2D eigenvalue weighted by atomic mass is 10.3. The number of aromatic carboxylic acids is 1. The van der Waals surface area contributed by atoms with Crippen LogP contribution in [-0.2, 0) is 6.54 Å². The summed E-state index contributed by atoms with van der Waals surface area (Å²) in [5.41, 5.74) is 0.645. The fourth-order valence-electron chi connectivity index (χ4n) is 1.55. The molecule has 1 heterocycles. The molecule has 0 aliphatic carbocycles. The van der Waals surface area contributed by atoms with Crippen molar-refractivity contribution in [3.8, 4) is 5.75 Å². The summed E-state index contributed by atoms with van der Waals surface area (Å²) in [4.78, 5) is 10.6. The Hall–Kier alpha value is -2.50. The van der Waals surface area contributed by atoms with E-state index in [2.05, 4.69) is 5.32 Å². The zero-order valence-electron chi connectivity index (χ0n) is 10.1. The molecule has 0 saturated carbocycles. The van der Waals surface area contributed by atoms with Gasteiger partial charge in [-0.25, -0.2) is 9.18 Å². The molecule has 2 rings (SSSR count). The Balaban J connectivity index is 2.03. The minimum Gasteiger partial charge on any atom is -0.494 e. The summed E-state index contributed by atoms with van der Waals surface area (Å²) in [7, 11) is 1.38. The second-order valence-corrected chi connectivity index (χ2v) is 3.77. The molecule has 19 heavy (non-hydrogen) atoms. The number of carbonyl (C=O) groups is 1. The molecule has 0 aliphatic rings. The van der Waals surface area contributed by atoms with Crippen LogP contribution in [0.1, 0.15) is 16.3 Å². The highest BCUT2D eigenvalue weighted by molar-refractivity contribution is 5.84. The molecule has 0 radical (unpaired) electrons. The summed E-state index contributed by atoms with van der Waals surface area (Å²) >= 11 is 0. The fourth-order valence-corrected chi connectivity index (χ4v) is 1.55. The van der Waals surface area contributed by atoms with E-state index in [1.165, 1.54) is 25.3 Å². The number of furan rings is 1. The maximum absolute atomic E-state index is 13.2. The van der Waals surface area contributed by atoms with Crippen LogP contribution in [0.2, 0.25) is 0 Å². The van der Waals surface area contributed by atoms with Gasteiger partial charge in [0.15, 0.2) is 11.6 Å². The van der Waals surface area contributed by atoms with Gasteiger partial charge in [-0.15, -0.1) is 0 Å². The monoisotopic (exact) mass is 265 g/mol. The van der Waals surface area contributed by atoms with Gasteiger partial charge in [0.25, 0.3) is 0 Å². The van der Waals surface area contributed by atoms with E-state index in [9.17, 15) is 9.18 Å². The van der Waals surface area contributed by atoms with Crippen molar-refractivity contribution in [2.45, 2.75) is 6.54 Å². The van der Waals surface area contributed by atoms with Crippen LogP contribution in [0.15, 0.2) is 34.7 Å². The SMILES string of the molecule is COc1cc(NCc2ccc(C(=O)O)o2)ccc1F. The molecular formula is C13H12FNO4. The molecule has 5 nitrogen and oxygen atoms in total. The van der Waals surface area contributed by atoms with Crippen LogP contribution in [-0.4, -0.2) is 18.2 Å². The zero-order valence-corrected chi connectivity index (χ0v) is 10.1. The summed E-state index contributed by atoms with van der Waals surface area (Å²) in [6, 6.07) is 7.29. The summed E-state index contributed by atoms with van der Waals surface area (Å²) in [6.07, 6.45) is 0. The second-order valence-electron chi connectivity index (χ2n) is 3.77. The summed E-state index contributed by atoms with van der Waals surface area (Å²) in [6.45, 7) is 0.294. The van der Waals surface area contributed by atoms with Gasteiger partial charge in [-0.1, -0.05) is 0 Å². The number of rotatable bonds is 5. The van der Waals surface area contributed by atoms with Crippen LogP contribution in [0.3, 0.4) is 0 Å². The Morgan fingerprint density at radius 3 is 2.84 bits per heavy atom. The van der Waals surface area contributed by atoms with E-state index >= 15 is 0 Å². The van der Waals surface area contributed by atoms with Gasteiger partial charge < -0.3 is 19.6 Å². The lowest BCUT2D eigenvalue weighted by Crippen LogP contribution is -1.99. The van der Waals surface area contributed by atoms with Crippen LogP contribution < -0.4 is 10.1 Å². The Labute approximate surface area is 108 Å². The van der Waals surface area contributed by atoms with Crippen molar-refractivity contribution in [2.75, 3.05) is 12.4 Å². The van der Waals surface area contributed by atoms with E-state index in [1.807, 2.05) is 0 Å².